The van der Waals surface area contributed by atoms with Crippen LogP contribution in [0.5, 0.6) is 0 Å². The van der Waals surface area contributed by atoms with E-state index in [-0.39, 0.29) is 11.9 Å². The van der Waals surface area contributed by atoms with Crippen LogP contribution in [-0.4, -0.2) is 54.7 Å². The second-order valence-electron chi connectivity index (χ2n) is 6.17. The first-order valence-corrected chi connectivity index (χ1v) is 8.71. The Morgan fingerprint density at radius 2 is 2.18 bits per heavy atom. The minimum atomic E-state index is -0.0311. The number of carbonyl (C=O) groups is 1. The summed E-state index contributed by atoms with van der Waals surface area (Å²) in [5.74, 6) is 0.662. The molecule has 1 atom stereocenters. The summed E-state index contributed by atoms with van der Waals surface area (Å²) in [5, 5.41) is 3.13. The third-order valence-electron chi connectivity index (χ3n) is 4.43. The van der Waals surface area contributed by atoms with E-state index in [1.54, 1.807) is 18.5 Å². The molecule has 6 heteroatoms. The van der Waals surface area contributed by atoms with Crippen molar-refractivity contribution >= 4 is 21.8 Å². The second-order valence-corrected chi connectivity index (χ2v) is 7.09. The molecule has 3 rings (SSSR count). The number of pyridine rings is 1. The average molecular weight is 368 g/mol. The van der Waals surface area contributed by atoms with E-state index in [9.17, 15) is 4.79 Å². The largest absolute Gasteiger partial charge is 0.381 e. The van der Waals surface area contributed by atoms with Crippen molar-refractivity contribution in [3.63, 3.8) is 0 Å². The van der Waals surface area contributed by atoms with Crippen LogP contribution in [0, 0.1) is 5.92 Å². The average Bonchev–Trinajstić information content (AvgIpc) is 3.02. The number of nitrogens with one attached hydrogen (secondary N) is 1. The number of carbonyl (C=O) groups excluding carboxylic acids is 1. The number of likely N-dealkylation sites (tertiary alicyclic amines) is 1. The summed E-state index contributed by atoms with van der Waals surface area (Å²) in [7, 11) is 0. The molecule has 1 N–H and O–H groups in total. The molecule has 2 saturated heterocycles. The smallest absolute Gasteiger partial charge is 0.253 e. The first-order valence-electron chi connectivity index (χ1n) is 7.92. The van der Waals surface area contributed by atoms with Gasteiger partial charge in [-0.25, -0.2) is 0 Å². The molecular weight excluding hydrogens is 346 g/mol. The van der Waals surface area contributed by atoms with Crippen molar-refractivity contribution in [2.75, 3.05) is 32.8 Å². The van der Waals surface area contributed by atoms with Crippen LogP contribution in [0.2, 0.25) is 0 Å². The maximum absolute atomic E-state index is 12.2. The van der Waals surface area contributed by atoms with Gasteiger partial charge in [0.05, 0.1) is 12.2 Å². The Hall–Kier alpha value is -0.980. The van der Waals surface area contributed by atoms with Gasteiger partial charge >= 0.3 is 0 Å². The molecule has 0 saturated carbocycles. The van der Waals surface area contributed by atoms with Crippen molar-refractivity contribution in [2.45, 2.75) is 25.3 Å². The van der Waals surface area contributed by atoms with Gasteiger partial charge in [-0.1, -0.05) is 0 Å². The molecule has 5 nitrogen and oxygen atoms in total. The van der Waals surface area contributed by atoms with Crippen LogP contribution in [0.4, 0.5) is 0 Å². The van der Waals surface area contributed by atoms with E-state index in [1.807, 2.05) is 0 Å². The van der Waals surface area contributed by atoms with Crippen molar-refractivity contribution in [2.24, 2.45) is 5.92 Å². The molecule has 1 aromatic rings. The monoisotopic (exact) mass is 367 g/mol. The van der Waals surface area contributed by atoms with Crippen LogP contribution in [0.15, 0.2) is 22.9 Å². The molecule has 2 fully saturated rings. The van der Waals surface area contributed by atoms with Gasteiger partial charge in [0.2, 0.25) is 0 Å². The minimum absolute atomic E-state index is 0.0311. The molecule has 1 unspecified atom stereocenters. The molecule has 1 aromatic heterocycles. The van der Waals surface area contributed by atoms with Crippen LogP contribution in [0.25, 0.3) is 0 Å². The van der Waals surface area contributed by atoms with Gasteiger partial charge in [0.15, 0.2) is 0 Å². The molecule has 2 aliphatic heterocycles. The zero-order chi connectivity index (χ0) is 15.4. The second kappa shape index (κ2) is 7.53. The number of nitrogens with zero attached hydrogens (tertiary/aromatic N) is 2. The normalized spacial score (nSPS) is 23.6. The van der Waals surface area contributed by atoms with Crippen LogP contribution in [0.3, 0.4) is 0 Å². The highest BCUT2D eigenvalue weighted by Gasteiger charge is 2.24. The highest BCUT2D eigenvalue weighted by molar-refractivity contribution is 9.10. The molecule has 120 valence electrons. The molecule has 0 aliphatic carbocycles. The zero-order valence-corrected chi connectivity index (χ0v) is 14.2. The Labute approximate surface area is 139 Å². The van der Waals surface area contributed by atoms with Crippen LogP contribution in [-0.2, 0) is 4.74 Å². The Bertz CT molecular complexity index is 512. The van der Waals surface area contributed by atoms with Gasteiger partial charge in [-0.15, -0.1) is 0 Å². The lowest BCUT2D eigenvalue weighted by atomic mass is 10.0. The predicted molar refractivity (Wildman–Crippen MR) is 87.8 cm³/mol. The van der Waals surface area contributed by atoms with Crippen molar-refractivity contribution in [3.8, 4) is 0 Å². The van der Waals surface area contributed by atoms with Crippen molar-refractivity contribution in [3.05, 3.63) is 28.5 Å². The fourth-order valence-electron chi connectivity index (χ4n) is 3.16. The molecule has 0 radical (unpaired) electrons. The van der Waals surface area contributed by atoms with Gasteiger partial charge in [-0.2, -0.15) is 0 Å². The van der Waals surface area contributed by atoms with Gasteiger partial charge in [0.1, 0.15) is 0 Å². The van der Waals surface area contributed by atoms with E-state index >= 15 is 0 Å². The molecule has 2 aliphatic rings. The first kappa shape index (κ1) is 15.9. The third kappa shape index (κ3) is 4.27. The van der Waals surface area contributed by atoms with E-state index in [2.05, 4.69) is 31.1 Å². The van der Waals surface area contributed by atoms with Crippen molar-refractivity contribution < 1.29 is 9.53 Å². The van der Waals surface area contributed by atoms with Crippen molar-refractivity contribution in [1.29, 1.82) is 0 Å². The number of hydrogen-bond acceptors (Lipinski definition) is 4. The third-order valence-corrected chi connectivity index (χ3v) is 4.86. The SMILES string of the molecule is O=C(NC1CCN(CC2CCOC2)CC1)c1cncc(Br)c1. The van der Waals surface area contributed by atoms with Gasteiger partial charge < -0.3 is 15.0 Å². The number of ether oxygens (including phenoxy) is 1. The van der Waals surface area contributed by atoms with E-state index in [0.29, 0.717) is 11.5 Å². The standard InChI is InChI=1S/C16H22BrN3O2/c17-14-7-13(8-18-9-14)16(21)19-15-1-4-20(5-2-15)10-12-3-6-22-11-12/h7-9,12,15H,1-6,10-11H2,(H,19,21). The van der Waals surface area contributed by atoms with E-state index in [1.165, 1.54) is 6.42 Å². The summed E-state index contributed by atoms with van der Waals surface area (Å²) in [5.41, 5.74) is 0.611. The van der Waals surface area contributed by atoms with E-state index in [4.69, 9.17) is 4.74 Å². The van der Waals surface area contributed by atoms with Crippen LogP contribution >= 0.6 is 15.9 Å². The number of hydrogen-bond donors (Lipinski definition) is 1. The number of aromatic nitrogens is 1. The maximum Gasteiger partial charge on any atom is 0.253 e. The molecule has 0 bridgehead atoms. The van der Waals surface area contributed by atoms with Gasteiger partial charge in [-0.05, 0) is 47.2 Å². The van der Waals surface area contributed by atoms with Crippen molar-refractivity contribution in [1.82, 2.24) is 15.2 Å². The van der Waals surface area contributed by atoms with Crippen LogP contribution in [0.1, 0.15) is 29.6 Å². The Kier molecular flexibility index (Phi) is 5.44. The molecular formula is C16H22BrN3O2. The summed E-state index contributed by atoms with van der Waals surface area (Å²) < 4.78 is 6.27. The fraction of sp³-hybridized carbons (Fsp3) is 0.625. The number of piperidine rings is 1. The summed E-state index contributed by atoms with van der Waals surface area (Å²) >= 11 is 3.35. The lowest BCUT2D eigenvalue weighted by Crippen LogP contribution is -2.45. The molecule has 0 spiro atoms. The summed E-state index contributed by atoms with van der Waals surface area (Å²) in [6, 6.07) is 2.07. The molecule has 1 amide bonds. The topological polar surface area (TPSA) is 54.5 Å². The zero-order valence-electron chi connectivity index (χ0n) is 12.6. The van der Waals surface area contributed by atoms with E-state index in [0.717, 1.165) is 50.2 Å². The quantitative estimate of drug-likeness (QED) is 0.884. The van der Waals surface area contributed by atoms with Gasteiger partial charge in [-0.3, -0.25) is 9.78 Å². The lowest BCUT2D eigenvalue weighted by molar-refractivity contribution is 0.0903. The number of rotatable bonds is 4. The highest BCUT2D eigenvalue weighted by atomic mass is 79.9. The predicted octanol–water partition coefficient (Wildman–Crippen LogP) is 2.07. The van der Waals surface area contributed by atoms with Gasteiger partial charge in [0.25, 0.3) is 5.91 Å². The summed E-state index contributed by atoms with van der Waals surface area (Å²) in [4.78, 5) is 18.8. The van der Waals surface area contributed by atoms with E-state index < -0.39 is 0 Å². The summed E-state index contributed by atoms with van der Waals surface area (Å²) in [6.07, 6.45) is 6.51. The Balaban J connectivity index is 1.44. The molecule has 22 heavy (non-hydrogen) atoms. The Morgan fingerprint density at radius 1 is 1.36 bits per heavy atom. The molecule has 3 heterocycles. The Morgan fingerprint density at radius 3 is 2.86 bits per heavy atom. The first-order chi connectivity index (χ1) is 10.7. The number of halogens is 1. The summed E-state index contributed by atoms with van der Waals surface area (Å²) in [6.45, 7) is 5.07. The minimum Gasteiger partial charge on any atom is -0.381 e. The van der Waals surface area contributed by atoms with Crippen LogP contribution < -0.4 is 5.32 Å². The fourth-order valence-corrected chi connectivity index (χ4v) is 3.52. The number of amides is 1. The molecule has 0 aromatic carbocycles. The highest BCUT2D eigenvalue weighted by Crippen LogP contribution is 2.18. The van der Waals surface area contributed by atoms with Gasteiger partial charge in [0, 0.05) is 49.1 Å². The lowest BCUT2D eigenvalue weighted by Gasteiger charge is -2.33. The maximum atomic E-state index is 12.2.